The number of fused-ring (bicyclic) bond motifs is 1. The van der Waals surface area contributed by atoms with Crippen LogP contribution in [0.4, 0.5) is 0 Å². The quantitative estimate of drug-likeness (QED) is 0.760. The zero-order valence-corrected chi connectivity index (χ0v) is 12.7. The van der Waals surface area contributed by atoms with E-state index in [0.29, 0.717) is 29.9 Å². The van der Waals surface area contributed by atoms with Crippen LogP contribution in [0.2, 0.25) is 0 Å². The molecule has 7 heteroatoms. The van der Waals surface area contributed by atoms with Gasteiger partial charge >= 0.3 is 0 Å². The first-order valence-corrected chi connectivity index (χ1v) is 7.26. The maximum Gasteiger partial charge on any atom is 0.256 e. The molecule has 1 N–H and O–H groups in total. The van der Waals surface area contributed by atoms with Crippen molar-refractivity contribution in [1.29, 1.82) is 0 Å². The van der Waals surface area contributed by atoms with Gasteiger partial charge in [-0.2, -0.15) is 0 Å². The van der Waals surface area contributed by atoms with Crippen molar-refractivity contribution in [3.05, 3.63) is 58.4 Å². The molecule has 0 bridgehead atoms. The topological polar surface area (TPSA) is 90.0 Å². The number of nitrogens with one attached hydrogen (secondary N) is 1. The summed E-state index contributed by atoms with van der Waals surface area (Å²) < 4.78 is 6.64. The van der Waals surface area contributed by atoms with Crippen LogP contribution in [-0.2, 0) is 17.8 Å². The number of hydrogen-bond donors (Lipinski definition) is 1. The van der Waals surface area contributed by atoms with Gasteiger partial charge in [0.2, 0.25) is 5.91 Å². The van der Waals surface area contributed by atoms with Crippen LogP contribution in [0.5, 0.6) is 0 Å². The first-order chi connectivity index (χ1) is 11.1. The van der Waals surface area contributed by atoms with Gasteiger partial charge in [0.25, 0.3) is 5.56 Å². The number of carbonyl (C=O) groups is 1. The third kappa shape index (κ3) is 3.28. The van der Waals surface area contributed by atoms with Gasteiger partial charge in [-0.15, -0.1) is 0 Å². The molecular formula is C16H16N4O3. The molecule has 0 saturated heterocycles. The summed E-state index contributed by atoms with van der Waals surface area (Å²) in [5, 5.41) is 7.53. The van der Waals surface area contributed by atoms with Crippen LogP contribution < -0.4 is 10.9 Å². The summed E-state index contributed by atoms with van der Waals surface area (Å²) in [5.41, 5.74) is 1.74. The zero-order valence-electron chi connectivity index (χ0n) is 12.7. The van der Waals surface area contributed by atoms with Gasteiger partial charge in [0.1, 0.15) is 5.69 Å². The summed E-state index contributed by atoms with van der Waals surface area (Å²) in [4.78, 5) is 27.8. The standard InChI is InChI=1S/C16H16N4O3/c1-11-9-17-10-20(16(11)22)7-6-18-15(21)8-13-12-4-2-3-5-14(12)23-19-13/h2-5,9-10H,6-8H2,1H3,(H,18,21). The summed E-state index contributed by atoms with van der Waals surface area (Å²) in [6.07, 6.45) is 3.12. The minimum Gasteiger partial charge on any atom is -0.356 e. The molecule has 0 aliphatic rings. The fraction of sp³-hybridized carbons (Fsp3) is 0.250. The molecule has 1 amide bonds. The molecule has 0 saturated carbocycles. The molecule has 1 aromatic carbocycles. The molecular weight excluding hydrogens is 296 g/mol. The molecule has 3 aromatic rings. The number of nitrogens with zero attached hydrogens (tertiary/aromatic N) is 3. The molecule has 0 spiro atoms. The first kappa shape index (κ1) is 15.0. The molecule has 3 rings (SSSR count). The molecule has 2 heterocycles. The number of aromatic nitrogens is 3. The fourth-order valence-corrected chi connectivity index (χ4v) is 2.32. The number of rotatable bonds is 5. The van der Waals surface area contributed by atoms with E-state index < -0.39 is 0 Å². The van der Waals surface area contributed by atoms with E-state index in [1.807, 2.05) is 18.2 Å². The molecule has 0 radical (unpaired) electrons. The van der Waals surface area contributed by atoms with Crippen LogP contribution in [0.1, 0.15) is 11.3 Å². The molecule has 7 nitrogen and oxygen atoms in total. The van der Waals surface area contributed by atoms with Crippen LogP contribution in [0.15, 0.2) is 46.1 Å². The van der Waals surface area contributed by atoms with Gasteiger partial charge in [-0.1, -0.05) is 17.3 Å². The van der Waals surface area contributed by atoms with Crippen molar-refractivity contribution in [3.8, 4) is 0 Å². The number of benzene rings is 1. The SMILES string of the molecule is Cc1cncn(CCNC(=O)Cc2noc3ccccc23)c1=O. The lowest BCUT2D eigenvalue weighted by atomic mass is 10.1. The van der Waals surface area contributed by atoms with E-state index in [-0.39, 0.29) is 17.9 Å². The van der Waals surface area contributed by atoms with E-state index in [1.54, 1.807) is 13.0 Å². The Kier molecular flexibility index (Phi) is 4.18. The summed E-state index contributed by atoms with van der Waals surface area (Å²) >= 11 is 0. The van der Waals surface area contributed by atoms with Gasteiger partial charge in [-0.05, 0) is 19.1 Å². The third-order valence-corrected chi connectivity index (χ3v) is 3.53. The largest absolute Gasteiger partial charge is 0.356 e. The average molecular weight is 312 g/mol. The number of hydrogen-bond acceptors (Lipinski definition) is 5. The Morgan fingerprint density at radius 2 is 2.17 bits per heavy atom. The van der Waals surface area contributed by atoms with Crippen LogP contribution in [0.25, 0.3) is 11.0 Å². The van der Waals surface area contributed by atoms with Crippen molar-refractivity contribution < 1.29 is 9.32 Å². The minimum absolute atomic E-state index is 0.100. The molecule has 0 aliphatic heterocycles. The lowest BCUT2D eigenvalue weighted by Gasteiger charge is -2.07. The van der Waals surface area contributed by atoms with Crippen molar-refractivity contribution in [3.63, 3.8) is 0 Å². The van der Waals surface area contributed by atoms with Crippen molar-refractivity contribution in [2.24, 2.45) is 0 Å². The average Bonchev–Trinajstić information content (AvgIpc) is 2.95. The highest BCUT2D eigenvalue weighted by atomic mass is 16.5. The number of aryl methyl sites for hydroxylation is 1. The number of carbonyl (C=O) groups excluding carboxylic acids is 1. The normalized spacial score (nSPS) is 10.8. The van der Waals surface area contributed by atoms with Crippen molar-refractivity contribution in [2.75, 3.05) is 6.54 Å². The minimum atomic E-state index is -0.169. The number of amides is 1. The zero-order chi connectivity index (χ0) is 16.2. The molecule has 0 fully saturated rings. The van der Waals surface area contributed by atoms with E-state index >= 15 is 0 Å². The van der Waals surface area contributed by atoms with E-state index in [4.69, 9.17) is 4.52 Å². The highest BCUT2D eigenvalue weighted by Gasteiger charge is 2.11. The van der Waals surface area contributed by atoms with Gasteiger partial charge in [0.15, 0.2) is 5.58 Å². The summed E-state index contributed by atoms with van der Waals surface area (Å²) in [7, 11) is 0. The van der Waals surface area contributed by atoms with E-state index in [1.165, 1.54) is 17.1 Å². The van der Waals surface area contributed by atoms with E-state index in [0.717, 1.165) is 5.39 Å². The summed E-state index contributed by atoms with van der Waals surface area (Å²) in [6, 6.07) is 7.40. The fourth-order valence-electron chi connectivity index (χ4n) is 2.32. The second-order valence-electron chi connectivity index (χ2n) is 5.23. The first-order valence-electron chi connectivity index (χ1n) is 7.26. The van der Waals surface area contributed by atoms with Crippen molar-refractivity contribution in [2.45, 2.75) is 19.9 Å². The summed E-state index contributed by atoms with van der Waals surface area (Å²) in [5.74, 6) is -0.169. The van der Waals surface area contributed by atoms with Crippen LogP contribution in [0, 0.1) is 6.92 Å². The number of para-hydroxylation sites is 1. The monoisotopic (exact) mass is 312 g/mol. The Bertz CT molecular complexity index is 897. The second-order valence-corrected chi connectivity index (χ2v) is 5.23. The van der Waals surface area contributed by atoms with Gasteiger partial charge in [0.05, 0.1) is 12.7 Å². The highest BCUT2D eigenvalue weighted by Crippen LogP contribution is 2.17. The third-order valence-electron chi connectivity index (χ3n) is 3.53. The Balaban J connectivity index is 1.58. The predicted octanol–water partition coefficient (Wildman–Crippen LogP) is 1.05. The van der Waals surface area contributed by atoms with Gasteiger partial charge < -0.3 is 9.84 Å². The Labute approximate surface area is 131 Å². The molecule has 23 heavy (non-hydrogen) atoms. The van der Waals surface area contributed by atoms with Crippen LogP contribution in [0.3, 0.4) is 0 Å². The molecule has 0 unspecified atom stereocenters. The predicted molar refractivity (Wildman–Crippen MR) is 84.0 cm³/mol. The molecule has 0 atom stereocenters. The Morgan fingerprint density at radius 1 is 1.35 bits per heavy atom. The van der Waals surface area contributed by atoms with Crippen LogP contribution in [-0.4, -0.2) is 27.2 Å². The van der Waals surface area contributed by atoms with Crippen LogP contribution >= 0.6 is 0 Å². The molecule has 2 aromatic heterocycles. The Morgan fingerprint density at radius 3 is 3.04 bits per heavy atom. The van der Waals surface area contributed by atoms with Gasteiger partial charge in [0, 0.05) is 30.2 Å². The van der Waals surface area contributed by atoms with Crippen molar-refractivity contribution in [1.82, 2.24) is 20.0 Å². The Hall–Kier alpha value is -2.96. The lowest BCUT2D eigenvalue weighted by molar-refractivity contribution is -0.120. The molecule has 0 aliphatic carbocycles. The highest BCUT2D eigenvalue weighted by molar-refractivity contribution is 5.86. The summed E-state index contributed by atoms with van der Waals surface area (Å²) in [6.45, 7) is 2.43. The van der Waals surface area contributed by atoms with Crippen molar-refractivity contribution >= 4 is 16.9 Å². The van der Waals surface area contributed by atoms with E-state index in [9.17, 15) is 9.59 Å². The molecule has 118 valence electrons. The second kappa shape index (κ2) is 6.43. The smallest absolute Gasteiger partial charge is 0.256 e. The maximum absolute atomic E-state index is 12.0. The van der Waals surface area contributed by atoms with Gasteiger partial charge in [-0.3, -0.25) is 14.2 Å². The van der Waals surface area contributed by atoms with Gasteiger partial charge in [-0.25, -0.2) is 4.98 Å². The lowest BCUT2D eigenvalue weighted by Crippen LogP contribution is -2.32. The van der Waals surface area contributed by atoms with E-state index in [2.05, 4.69) is 15.5 Å². The maximum atomic E-state index is 12.0.